The molecule has 0 fully saturated rings. The highest BCUT2D eigenvalue weighted by Crippen LogP contribution is 2.30. The van der Waals surface area contributed by atoms with Crippen LogP contribution in [0.15, 0.2) is 54.6 Å². The van der Waals surface area contributed by atoms with Crippen LogP contribution in [0.4, 0.5) is 13.2 Å². The van der Waals surface area contributed by atoms with Gasteiger partial charge in [-0.05, 0) is 29.3 Å². The van der Waals surface area contributed by atoms with Crippen LogP contribution in [0.1, 0.15) is 22.5 Å². The summed E-state index contributed by atoms with van der Waals surface area (Å²) in [6.45, 7) is 0. The second-order valence-corrected chi connectivity index (χ2v) is 6.76. The fourth-order valence-electron chi connectivity index (χ4n) is 2.71. The Morgan fingerprint density at radius 3 is 2.34 bits per heavy atom. The van der Waals surface area contributed by atoms with E-state index in [0.29, 0.717) is 10.6 Å². The van der Waals surface area contributed by atoms with Crippen molar-refractivity contribution in [3.05, 3.63) is 82.1 Å². The van der Waals surface area contributed by atoms with Gasteiger partial charge < -0.3 is 4.74 Å². The van der Waals surface area contributed by atoms with E-state index < -0.39 is 11.9 Å². The molecule has 0 amide bonds. The Balaban J connectivity index is 1.92. The molecule has 0 bridgehead atoms. The molecular formula is C21H16ClF3N2O2. The number of rotatable bonds is 5. The molecule has 8 heteroatoms. The highest BCUT2D eigenvalue weighted by atomic mass is 35.5. The Morgan fingerprint density at radius 1 is 1.03 bits per heavy atom. The summed E-state index contributed by atoms with van der Waals surface area (Å²) < 4.78 is 44.6. The number of nitrogens with zero attached hydrogens (tertiary/aromatic N) is 2. The van der Waals surface area contributed by atoms with Crippen molar-refractivity contribution in [3.8, 4) is 11.4 Å². The Hall–Kier alpha value is -2.93. The Morgan fingerprint density at radius 2 is 1.72 bits per heavy atom. The van der Waals surface area contributed by atoms with Crippen molar-refractivity contribution in [2.75, 3.05) is 7.11 Å². The van der Waals surface area contributed by atoms with Crippen LogP contribution < -0.4 is 0 Å². The first kappa shape index (κ1) is 20.8. The third-order valence-electron chi connectivity index (χ3n) is 4.14. The van der Waals surface area contributed by atoms with Crippen molar-refractivity contribution in [3.63, 3.8) is 0 Å². The van der Waals surface area contributed by atoms with E-state index in [1.807, 2.05) is 0 Å². The summed E-state index contributed by atoms with van der Waals surface area (Å²) in [6.07, 6.45) is -4.30. The highest BCUT2D eigenvalue weighted by molar-refractivity contribution is 6.30. The topological polar surface area (TPSA) is 52.1 Å². The number of benzene rings is 2. The van der Waals surface area contributed by atoms with Gasteiger partial charge in [-0.2, -0.15) is 13.2 Å². The van der Waals surface area contributed by atoms with Gasteiger partial charge in [-0.25, -0.2) is 9.97 Å². The average molecular weight is 421 g/mol. The first-order valence-corrected chi connectivity index (χ1v) is 8.98. The van der Waals surface area contributed by atoms with Crippen molar-refractivity contribution >= 4 is 17.6 Å². The highest BCUT2D eigenvalue weighted by Gasteiger charge is 2.33. The molecule has 0 aliphatic carbocycles. The molecule has 0 N–H and O–H groups in total. The first-order chi connectivity index (χ1) is 13.7. The zero-order chi connectivity index (χ0) is 21.0. The Labute approximate surface area is 170 Å². The largest absolute Gasteiger partial charge is 0.469 e. The van der Waals surface area contributed by atoms with E-state index in [0.717, 1.165) is 17.2 Å². The minimum absolute atomic E-state index is 0.0420. The summed E-state index contributed by atoms with van der Waals surface area (Å²) in [4.78, 5) is 19.3. The molecule has 0 spiro atoms. The molecule has 0 aliphatic rings. The van der Waals surface area contributed by atoms with E-state index in [1.54, 1.807) is 42.5 Å². The summed E-state index contributed by atoms with van der Waals surface area (Å²) in [5.74, 6) is -0.408. The van der Waals surface area contributed by atoms with Crippen LogP contribution in [-0.4, -0.2) is 23.0 Å². The van der Waals surface area contributed by atoms with Gasteiger partial charge in [-0.3, -0.25) is 4.79 Å². The molecule has 0 radical (unpaired) electrons. The van der Waals surface area contributed by atoms with Crippen LogP contribution >= 0.6 is 11.6 Å². The van der Waals surface area contributed by atoms with E-state index in [1.165, 1.54) is 13.2 Å². The maximum absolute atomic E-state index is 13.3. The number of methoxy groups -OCH3 is 1. The predicted octanol–water partition coefficient (Wildman–Crippen LogP) is 5.12. The average Bonchev–Trinajstić information content (AvgIpc) is 2.68. The summed E-state index contributed by atoms with van der Waals surface area (Å²) >= 11 is 5.94. The van der Waals surface area contributed by atoms with Gasteiger partial charge in [-0.1, -0.05) is 48.0 Å². The lowest BCUT2D eigenvalue weighted by atomic mass is 10.0. The summed E-state index contributed by atoms with van der Waals surface area (Å²) in [5.41, 5.74) is 1.11. The van der Waals surface area contributed by atoms with Gasteiger partial charge in [0.1, 0.15) is 5.69 Å². The summed E-state index contributed by atoms with van der Waals surface area (Å²) in [5, 5.41) is 0.381. The van der Waals surface area contributed by atoms with Crippen molar-refractivity contribution in [1.82, 2.24) is 9.97 Å². The monoisotopic (exact) mass is 420 g/mol. The minimum Gasteiger partial charge on any atom is -0.469 e. The fourth-order valence-corrected chi connectivity index (χ4v) is 2.90. The number of esters is 1. The van der Waals surface area contributed by atoms with Crippen LogP contribution in [0.3, 0.4) is 0 Å². The molecule has 0 atom stereocenters. The molecule has 4 nitrogen and oxygen atoms in total. The van der Waals surface area contributed by atoms with Gasteiger partial charge >= 0.3 is 12.1 Å². The maximum Gasteiger partial charge on any atom is 0.433 e. The number of aromatic nitrogens is 2. The SMILES string of the molecule is COC(=O)Cc1ccc(Cc2cc(C(F)(F)F)nc(-c3cccc(Cl)c3)n2)cc1. The molecule has 1 aromatic heterocycles. The normalized spacial score (nSPS) is 11.3. The van der Waals surface area contributed by atoms with Gasteiger partial charge in [0, 0.05) is 22.7 Å². The molecule has 0 aliphatic heterocycles. The van der Waals surface area contributed by atoms with Crippen molar-refractivity contribution in [2.45, 2.75) is 19.0 Å². The van der Waals surface area contributed by atoms with E-state index in [2.05, 4.69) is 14.7 Å². The number of ether oxygens (including phenoxy) is 1. The molecule has 1 heterocycles. The zero-order valence-corrected chi connectivity index (χ0v) is 16.1. The molecule has 0 saturated heterocycles. The molecule has 2 aromatic carbocycles. The van der Waals surface area contributed by atoms with Gasteiger partial charge in [0.15, 0.2) is 5.82 Å². The smallest absolute Gasteiger partial charge is 0.433 e. The second-order valence-electron chi connectivity index (χ2n) is 6.32. The third kappa shape index (κ3) is 5.54. The third-order valence-corrected chi connectivity index (χ3v) is 4.37. The zero-order valence-electron chi connectivity index (χ0n) is 15.3. The lowest BCUT2D eigenvalue weighted by molar-refractivity contribution is -0.141. The number of hydrogen-bond donors (Lipinski definition) is 0. The molecule has 29 heavy (non-hydrogen) atoms. The summed E-state index contributed by atoms with van der Waals surface area (Å²) in [6, 6.07) is 14.3. The van der Waals surface area contributed by atoms with Gasteiger partial charge in [0.25, 0.3) is 0 Å². The number of hydrogen-bond acceptors (Lipinski definition) is 4. The lowest BCUT2D eigenvalue weighted by Crippen LogP contribution is -2.11. The fraction of sp³-hybridized carbons (Fsp3) is 0.190. The quantitative estimate of drug-likeness (QED) is 0.537. The van der Waals surface area contributed by atoms with Gasteiger partial charge in [0.05, 0.1) is 13.5 Å². The van der Waals surface area contributed by atoms with Crippen LogP contribution in [0.5, 0.6) is 0 Å². The van der Waals surface area contributed by atoms with Crippen LogP contribution in [0, 0.1) is 0 Å². The van der Waals surface area contributed by atoms with Crippen molar-refractivity contribution in [2.24, 2.45) is 0 Å². The minimum atomic E-state index is -4.60. The predicted molar refractivity (Wildman–Crippen MR) is 102 cm³/mol. The molecule has 0 unspecified atom stereocenters. The van der Waals surface area contributed by atoms with Crippen LogP contribution in [0.25, 0.3) is 11.4 Å². The van der Waals surface area contributed by atoms with E-state index in [4.69, 9.17) is 11.6 Å². The molecular weight excluding hydrogens is 405 g/mol. The second kappa shape index (κ2) is 8.61. The van der Waals surface area contributed by atoms with E-state index >= 15 is 0 Å². The van der Waals surface area contributed by atoms with Crippen LogP contribution in [-0.2, 0) is 28.5 Å². The molecule has 0 saturated carbocycles. The van der Waals surface area contributed by atoms with Crippen molar-refractivity contribution < 1.29 is 22.7 Å². The molecule has 150 valence electrons. The van der Waals surface area contributed by atoms with Gasteiger partial charge in [-0.15, -0.1) is 0 Å². The Kier molecular flexibility index (Phi) is 6.17. The molecule has 3 aromatic rings. The number of alkyl halides is 3. The lowest BCUT2D eigenvalue weighted by Gasteiger charge is -2.11. The number of halogens is 4. The number of carbonyl (C=O) groups excluding carboxylic acids is 1. The van der Waals surface area contributed by atoms with Gasteiger partial charge in [0.2, 0.25) is 0 Å². The first-order valence-electron chi connectivity index (χ1n) is 8.60. The molecule has 3 rings (SSSR count). The van der Waals surface area contributed by atoms with E-state index in [-0.39, 0.29) is 30.3 Å². The van der Waals surface area contributed by atoms with Crippen LogP contribution in [0.2, 0.25) is 5.02 Å². The maximum atomic E-state index is 13.3. The Bertz CT molecular complexity index is 1020. The summed E-state index contributed by atoms with van der Waals surface area (Å²) in [7, 11) is 1.31. The van der Waals surface area contributed by atoms with Crippen molar-refractivity contribution in [1.29, 1.82) is 0 Å². The van der Waals surface area contributed by atoms with E-state index in [9.17, 15) is 18.0 Å². The standard InChI is InChI=1S/C21H16ClF3N2O2/c1-29-19(28)10-14-7-5-13(6-8-14)9-17-12-18(21(23,24)25)27-20(26-17)15-3-2-4-16(22)11-15/h2-8,11-12H,9-10H2,1H3. The number of carbonyl (C=O) groups is 1.